The molecule has 0 saturated carbocycles. The van der Waals surface area contributed by atoms with E-state index in [1.807, 2.05) is 28.8 Å². The van der Waals surface area contributed by atoms with Gasteiger partial charge in [-0.1, -0.05) is 27.7 Å². The summed E-state index contributed by atoms with van der Waals surface area (Å²) in [6.07, 6.45) is 1.58. The lowest BCUT2D eigenvalue weighted by molar-refractivity contribution is 0.293. The van der Waals surface area contributed by atoms with Gasteiger partial charge in [0.05, 0.1) is 12.8 Å². The van der Waals surface area contributed by atoms with E-state index in [0.717, 1.165) is 75.2 Å². The fraction of sp³-hybridized carbons (Fsp3) is 0.542. The Hall–Kier alpha value is -2.71. The SMILES string of the molecule is CCN(CC)CCN(CCN(CC)CC)c1cc(-c2ccc(OC)cc2)nc2ncnn12. The highest BCUT2D eigenvalue weighted by atomic mass is 16.5. The van der Waals surface area contributed by atoms with Crippen LogP contribution in [0.2, 0.25) is 0 Å². The van der Waals surface area contributed by atoms with Crippen LogP contribution in [-0.4, -0.2) is 88.8 Å². The highest BCUT2D eigenvalue weighted by molar-refractivity contribution is 5.66. The molecule has 0 saturated heterocycles. The Kier molecular flexibility index (Phi) is 8.81. The van der Waals surface area contributed by atoms with Gasteiger partial charge in [-0.05, 0) is 50.4 Å². The maximum absolute atomic E-state index is 5.31. The second-order valence-electron chi connectivity index (χ2n) is 7.74. The van der Waals surface area contributed by atoms with Crippen LogP contribution in [0.4, 0.5) is 5.82 Å². The molecule has 0 aliphatic carbocycles. The van der Waals surface area contributed by atoms with E-state index in [2.05, 4.69) is 58.5 Å². The van der Waals surface area contributed by atoms with Crippen molar-refractivity contribution in [2.24, 2.45) is 0 Å². The minimum absolute atomic E-state index is 0.615. The second-order valence-corrected chi connectivity index (χ2v) is 7.74. The van der Waals surface area contributed by atoms with Crippen LogP contribution in [0.5, 0.6) is 5.75 Å². The zero-order chi connectivity index (χ0) is 22.9. The van der Waals surface area contributed by atoms with Crippen molar-refractivity contribution in [3.8, 4) is 17.0 Å². The molecule has 0 atom stereocenters. The molecule has 0 bridgehead atoms. The molecule has 0 N–H and O–H groups in total. The zero-order valence-corrected chi connectivity index (χ0v) is 20.2. The summed E-state index contributed by atoms with van der Waals surface area (Å²) in [4.78, 5) is 16.5. The van der Waals surface area contributed by atoms with Gasteiger partial charge in [-0.25, -0.2) is 4.98 Å². The molecule has 2 heterocycles. The Bertz CT molecular complexity index is 933. The number of benzene rings is 1. The summed E-state index contributed by atoms with van der Waals surface area (Å²) in [7, 11) is 1.68. The molecule has 0 aliphatic heterocycles. The van der Waals surface area contributed by atoms with Gasteiger partial charge in [-0.3, -0.25) is 0 Å². The number of ether oxygens (including phenoxy) is 1. The van der Waals surface area contributed by atoms with E-state index in [0.29, 0.717) is 5.78 Å². The van der Waals surface area contributed by atoms with Crippen molar-refractivity contribution in [3.63, 3.8) is 0 Å². The smallest absolute Gasteiger partial charge is 0.254 e. The molecule has 0 radical (unpaired) electrons. The number of nitrogens with zero attached hydrogens (tertiary/aromatic N) is 7. The monoisotopic (exact) mass is 439 g/mol. The summed E-state index contributed by atoms with van der Waals surface area (Å²) in [5, 5.41) is 4.49. The quantitative estimate of drug-likeness (QED) is 0.405. The van der Waals surface area contributed by atoms with E-state index in [9.17, 15) is 0 Å². The zero-order valence-electron chi connectivity index (χ0n) is 20.2. The van der Waals surface area contributed by atoms with Gasteiger partial charge in [-0.15, -0.1) is 0 Å². The highest BCUT2D eigenvalue weighted by Crippen LogP contribution is 2.25. The van der Waals surface area contributed by atoms with Gasteiger partial charge in [0.15, 0.2) is 0 Å². The van der Waals surface area contributed by atoms with Crippen LogP contribution in [0.1, 0.15) is 27.7 Å². The van der Waals surface area contributed by atoms with E-state index in [1.165, 1.54) is 0 Å². The molecule has 8 nitrogen and oxygen atoms in total. The van der Waals surface area contributed by atoms with E-state index < -0.39 is 0 Å². The van der Waals surface area contributed by atoms with E-state index in [1.54, 1.807) is 13.4 Å². The fourth-order valence-electron chi connectivity index (χ4n) is 3.88. The summed E-state index contributed by atoms with van der Waals surface area (Å²) in [6, 6.07) is 10.1. The molecule has 8 heteroatoms. The van der Waals surface area contributed by atoms with Crippen LogP contribution in [0.15, 0.2) is 36.7 Å². The van der Waals surface area contributed by atoms with Crippen LogP contribution >= 0.6 is 0 Å². The first kappa shape index (κ1) is 23.9. The van der Waals surface area contributed by atoms with Gasteiger partial charge in [0.25, 0.3) is 5.78 Å². The molecule has 32 heavy (non-hydrogen) atoms. The summed E-state index contributed by atoms with van der Waals surface area (Å²) >= 11 is 0. The number of aromatic nitrogens is 4. The first-order chi connectivity index (χ1) is 15.6. The number of hydrogen-bond donors (Lipinski definition) is 0. The van der Waals surface area contributed by atoms with Gasteiger partial charge < -0.3 is 19.4 Å². The Morgan fingerprint density at radius 3 is 1.97 bits per heavy atom. The number of fused-ring (bicyclic) bond motifs is 1. The number of anilines is 1. The number of hydrogen-bond acceptors (Lipinski definition) is 7. The van der Waals surface area contributed by atoms with Gasteiger partial charge in [0, 0.05) is 37.8 Å². The first-order valence-corrected chi connectivity index (χ1v) is 11.7. The summed E-state index contributed by atoms with van der Waals surface area (Å²) < 4.78 is 7.17. The number of methoxy groups -OCH3 is 1. The average molecular weight is 440 g/mol. The van der Waals surface area contributed by atoms with Crippen molar-refractivity contribution >= 4 is 11.6 Å². The molecule has 174 valence electrons. The topological polar surface area (TPSA) is 62.0 Å². The largest absolute Gasteiger partial charge is 0.497 e. The normalized spacial score (nSPS) is 11.6. The van der Waals surface area contributed by atoms with Crippen molar-refractivity contribution in [3.05, 3.63) is 36.7 Å². The maximum atomic E-state index is 5.31. The molecule has 0 fully saturated rings. The van der Waals surface area contributed by atoms with Crippen LogP contribution in [0.3, 0.4) is 0 Å². The molecule has 2 aromatic heterocycles. The molecule has 1 aromatic carbocycles. The van der Waals surface area contributed by atoms with Crippen molar-refractivity contribution in [2.75, 3.05) is 64.4 Å². The lowest BCUT2D eigenvalue weighted by Gasteiger charge is -2.30. The summed E-state index contributed by atoms with van der Waals surface area (Å²) in [5.41, 5.74) is 1.92. The van der Waals surface area contributed by atoms with Crippen molar-refractivity contribution < 1.29 is 4.74 Å². The third-order valence-corrected chi connectivity index (χ3v) is 6.10. The number of likely N-dealkylation sites (N-methyl/N-ethyl adjacent to an activating group) is 2. The van der Waals surface area contributed by atoms with Crippen molar-refractivity contribution in [2.45, 2.75) is 27.7 Å². The van der Waals surface area contributed by atoms with E-state index in [-0.39, 0.29) is 0 Å². The highest BCUT2D eigenvalue weighted by Gasteiger charge is 2.17. The second kappa shape index (κ2) is 11.8. The van der Waals surface area contributed by atoms with Crippen LogP contribution in [0, 0.1) is 0 Å². The van der Waals surface area contributed by atoms with Crippen molar-refractivity contribution in [1.82, 2.24) is 29.4 Å². The predicted molar refractivity (Wildman–Crippen MR) is 131 cm³/mol. The molecule has 3 rings (SSSR count). The first-order valence-electron chi connectivity index (χ1n) is 11.7. The van der Waals surface area contributed by atoms with Crippen LogP contribution < -0.4 is 9.64 Å². The Morgan fingerprint density at radius 2 is 1.44 bits per heavy atom. The number of rotatable bonds is 13. The molecular weight excluding hydrogens is 402 g/mol. The Labute approximate surface area is 191 Å². The van der Waals surface area contributed by atoms with Crippen LogP contribution in [0.25, 0.3) is 17.0 Å². The van der Waals surface area contributed by atoms with Crippen LogP contribution in [-0.2, 0) is 0 Å². The maximum Gasteiger partial charge on any atom is 0.254 e. The van der Waals surface area contributed by atoms with Gasteiger partial charge in [0.2, 0.25) is 0 Å². The molecule has 0 spiro atoms. The summed E-state index contributed by atoms with van der Waals surface area (Å²) in [5.74, 6) is 2.47. The fourth-order valence-corrected chi connectivity index (χ4v) is 3.88. The minimum atomic E-state index is 0.615. The van der Waals surface area contributed by atoms with Gasteiger partial charge in [-0.2, -0.15) is 14.6 Å². The predicted octanol–water partition coefficient (Wildman–Crippen LogP) is 3.29. The third-order valence-electron chi connectivity index (χ3n) is 6.10. The molecule has 0 aliphatic rings. The van der Waals surface area contributed by atoms with E-state index >= 15 is 0 Å². The van der Waals surface area contributed by atoms with Crippen molar-refractivity contribution in [1.29, 1.82) is 0 Å². The molecular formula is C24H37N7O. The molecule has 3 aromatic rings. The Morgan fingerprint density at radius 1 is 0.844 bits per heavy atom. The average Bonchev–Trinajstić information content (AvgIpc) is 3.32. The lowest BCUT2D eigenvalue weighted by atomic mass is 10.1. The minimum Gasteiger partial charge on any atom is -0.497 e. The Balaban J connectivity index is 1.97. The lowest BCUT2D eigenvalue weighted by Crippen LogP contribution is -2.40. The molecule has 0 unspecified atom stereocenters. The van der Waals surface area contributed by atoms with Gasteiger partial charge in [0.1, 0.15) is 17.9 Å². The standard InChI is InChI=1S/C24H37N7O/c1-6-28(7-2)14-16-30(17-15-29(8-3)9-4)23-18-22(27-24-25-19-26-31(23)24)20-10-12-21(32-5)13-11-20/h10-13,18-19H,6-9,14-17H2,1-5H3. The molecule has 0 amide bonds. The third kappa shape index (κ3) is 5.75. The van der Waals surface area contributed by atoms with E-state index in [4.69, 9.17) is 9.72 Å². The van der Waals surface area contributed by atoms with Gasteiger partial charge >= 0.3 is 0 Å². The summed E-state index contributed by atoms with van der Waals surface area (Å²) in [6.45, 7) is 16.9.